The van der Waals surface area contributed by atoms with E-state index in [-0.39, 0.29) is 12.8 Å². The van der Waals surface area contributed by atoms with E-state index in [0.717, 1.165) is 11.6 Å². The van der Waals surface area contributed by atoms with E-state index in [2.05, 4.69) is 0 Å². The van der Waals surface area contributed by atoms with Crippen LogP contribution in [0, 0.1) is 5.41 Å². The molecule has 0 unspecified atom stereocenters. The van der Waals surface area contributed by atoms with Gasteiger partial charge < -0.3 is 14.6 Å². The van der Waals surface area contributed by atoms with Gasteiger partial charge in [0.15, 0.2) is 0 Å². The first-order valence-electron chi connectivity index (χ1n) is 6.66. The summed E-state index contributed by atoms with van der Waals surface area (Å²) in [6, 6.07) is 6.79. The topological polar surface area (TPSA) is 72.8 Å². The van der Waals surface area contributed by atoms with Crippen molar-refractivity contribution in [3.63, 3.8) is 0 Å². The lowest BCUT2D eigenvalue weighted by atomic mass is 9.91. The van der Waals surface area contributed by atoms with E-state index in [1.165, 1.54) is 6.08 Å². The van der Waals surface area contributed by atoms with Gasteiger partial charge in [-0.1, -0.05) is 19.1 Å². The van der Waals surface area contributed by atoms with Gasteiger partial charge >= 0.3 is 11.9 Å². The lowest BCUT2D eigenvalue weighted by Gasteiger charge is -2.20. The molecule has 21 heavy (non-hydrogen) atoms. The quantitative estimate of drug-likeness (QED) is 0.475. The summed E-state index contributed by atoms with van der Waals surface area (Å²) in [5.41, 5.74) is 0.225. The summed E-state index contributed by atoms with van der Waals surface area (Å²) in [5.74, 6) is -0.753. The molecule has 0 atom stereocenters. The highest BCUT2D eigenvalue weighted by Gasteiger charge is 2.27. The molecular formula is C16H20O5. The van der Waals surface area contributed by atoms with Gasteiger partial charge in [-0.2, -0.15) is 0 Å². The minimum atomic E-state index is -0.999. The second kappa shape index (κ2) is 7.47. The van der Waals surface area contributed by atoms with E-state index in [4.69, 9.17) is 14.6 Å². The lowest BCUT2D eigenvalue weighted by Crippen LogP contribution is -2.27. The van der Waals surface area contributed by atoms with Crippen molar-refractivity contribution in [3.05, 3.63) is 35.9 Å². The Morgan fingerprint density at radius 2 is 1.86 bits per heavy atom. The molecule has 0 saturated carbocycles. The van der Waals surface area contributed by atoms with Crippen LogP contribution in [0.2, 0.25) is 0 Å². The molecule has 0 radical (unpaired) electrons. The molecule has 0 heterocycles. The summed E-state index contributed by atoms with van der Waals surface area (Å²) >= 11 is 0. The van der Waals surface area contributed by atoms with Crippen LogP contribution in [0.15, 0.2) is 30.3 Å². The van der Waals surface area contributed by atoms with Crippen molar-refractivity contribution in [1.82, 2.24) is 0 Å². The Balaban J connectivity index is 2.47. The van der Waals surface area contributed by atoms with E-state index in [0.29, 0.717) is 12.2 Å². The summed E-state index contributed by atoms with van der Waals surface area (Å²) in [5, 5.41) is 8.52. The molecule has 0 bridgehead atoms. The average Bonchev–Trinajstić information content (AvgIpc) is 2.46. The maximum absolute atomic E-state index is 11.7. The fourth-order valence-electron chi connectivity index (χ4n) is 1.33. The predicted octanol–water partition coefficient (Wildman–Crippen LogP) is 3.10. The second-order valence-electron chi connectivity index (χ2n) is 5.17. The Morgan fingerprint density at radius 1 is 1.24 bits per heavy atom. The first kappa shape index (κ1) is 16.8. The fourth-order valence-corrected chi connectivity index (χ4v) is 1.33. The van der Waals surface area contributed by atoms with Crippen LogP contribution < -0.4 is 4.74 Å². The van der Waals surface area contributed by atoms with Gasteiger partial charge in [0, 0.05) is 6.08 Å². The molecule has 0 aromatic heterocycles. The van der Waals surface area contributed by atoms with Crippen LogP contribution in [0.3, 0.4) is 0 Å². The van der Waals surface area contributed by atoms with Gasteiger partial charge in [-0.15, -0.1) is 0 Å². The van der Waals surface area contributed by atoms with E-state index in [9.17, 15) is 9.59 Å². The number of esters is 1. The predicted molar refractivity (Wildman–Crippen MR) is 78.8 cm³/mol. The molecule has 1 aromatic carbocycles. The summed E-state index contributed by atoms with van der Waals surface area (Å²) < 4.78 is 10.4. The summed E-state index contributed by atoms with van der Waals surface area (Å²) in [6.07, 6.45) is 3.23. The molecule has 5 nitrogen and oxygen atoms in total. The molecule has 0 saturated heterocycles. The fraction of sp³-hybridized carbons (Fsp3) is 0.375. The van der Waals surface area contributed by atoms with Crippen molar-refractivity contribution in [1.29, 1.82) is 0 Å². The first-order chi connectivity index (χ1) is 9.85. The van der Waals surface area contributed by atoms with Crippen LogP contribution in [0.5, 0.6) is 5.75 Å². The number of hydrogen-bond donors (Lipinski definition) is 1. The Morgan fingerprint density at radius 3 is 2.38 bits per heavy atom. The second-order valence-corrected chi connectivity index (χ2v) is 5.17. The highest BCUT2D eigenvalue weighted by atomic mass is 16.7. The van der Waals surface area contributed by atoms with Crippen molar-refractivity contribution in [2.24, 2.45) is 5.41 Å². The zero-order chi connectivity index (χ0) is 15.9. The lowest BCUT2D eigenvalue weighted by molar-refractivity contribution is -0.160. The molecule has 0 aliphatic heterocycles. The smallest absolute Gasteiger partial charge is 0.328 e. The molecule has 1 N–H and O–H groups in total. The van der Waals surface area contributed by atoms with Gasteiger partial charge in [0.25, 0.3) is 0 Å². The maximum Gasteiger partial charge on any atom is 0.328 e. The number of carboxylic acid groups (broad SMARTS) is 1. The minimum Gasteiger partial charge on any atom is -0.478 e. The van der Waals surface area contributed by atoms with Gasteiger partial charge in [-0.25, -0.2) is 4.79 Å². The Kier molecular flexibility index (Phi) is 5.96. The number of rotatable bonds is 7. The Hall–Kier alpha value is -2.30. The SMILES string of the molecule is CCC(C)(C)C(=O)OCOc1ccc(/C=C/C(=O)O)cc1. The van der Waals surface area contributed by atoms with E-state index >= 15 is 0 Å². The van der Waals surface area contributed by atoms with Crippen molar-refractivity contribution in [2.75, 3.05) is 6.79 Å². The standard InChI is InChI=1S/C16H20O5/c1-4-16(2,3)15(19)21-11-20-13-8-5-12(6-9-13)7-10-14(17)18/h5-10H,4,11H2,1-3H3,(H,17,18)/b10-7+. The molecule has 0 fully saturated rings. The number of benzene rings is 1. The number of aliphatic carboxylic acids is 1. The highest BCUT2D eigenvalue weighted by Crippen LogP contribution is 2.21. The normalized spacial score (nSPS) is 11.4. The van der Waals surface area contributed by atoms with Crippen LogP contribution in [0.4, 0.5) is 0 Å². The van der Waals surface area contributed by atoms with Gasteiger partial charge in [-0.3, -0.25) is 4.79 Å². The monoisotopic (exact) mass is 292 g/mol. The number of carbonyl (C=O) groups is 2. The summed E-state index contributed by atoms with van der Waals surface area (Å²) in [6.45, 7) is 5.41. The van der Waals surface area contributed by atoms with Crippen LogP contribution in [0.25, 0.3) is 6.08 Å². The van der Waals surface area contributed by atoms with Crippen LogP contribution in [-0.2, 0) is 14.3 Å². The van der Waals surface area contributed by atoms with Crippen molar-refractivity contribution < 1.29 is 24.2 Å². The third-order valence-electron chi connectivity index (χ3n) is 3.15. The molecule has 5 heteroatoms. The minimum absolute atomic E-state index is 0.146. The van der Waals surface area contributed by atoms with Gasteiger partial charge in [0.1, 0.15) is 5.75 Å². The largest absolute Gasteiger partial charge is 0.478 e. The third kappa shape index (κ3) is 5.69. The van der Waals surface area contributed by atoms with Crippen LogP contribution >= 0.6 is 0 Å². The van der Waals surface area contributed by atoms with E-state index in [1.54, 1.807) is 24.3 Å². The molecule has 1 rings (SSSR count). The Labute approximate surface area is 124 Å². The van der Waals surface area contributed by atoms with Crippen molar-refractivity contribution >= 4 is 18.0 Å². The zero-order valence-corrected chi connectivity index (χ0v) is 12.5. The van der Waals surface area contributed by atoms with E-state index in [1.807, 2.05) is 20.8 Å². The molecule has 114 valence electrons. The first-order valence-corrected chi connectivity index (χ1v) is 6.66. The number of carboxylic acids is 1. The zero-order valence-electron chi connectivity index (χ0n) is 12.5. The highest BCUT2D eigenvalue weighted by molar-refractivity contribution is 5.85. The number of ether oxygens (including phenoxy) is 2. The van der Waals surface area contributed by atoms with Crippen molar-refractivity contribution in [2.45, 2.75) is 27.2 Å². The molecule has 0 aliphatic rings. The average molecular weight is 292 g/mol. The van der Waals surface area contributed by atoms with Crippen LogP contribution in [-0.4, -0.2) is 23.8 Å². The Bertz CT molecular complexity index is 514. The number of carbonyl (C=O) groups excluding carboxylic acids is 1. The maximum atomic E-state index is 11.7. The molecule has 0 spiro atoms. The van der Waals surface area contributed by atoms with Gasteiger partial charge in [0.2, 0.25) is 6.79 Å². The van der Waals surface area contributed by atoms with Crippen molar-refractivity contribution in [3.8, 4) is 5.75 Å². The van der Waals surface area contributed by atoms with Gasteiger partial charge in [-0.05, 0) is 44.0 Å². The number of hydrogen-bond acceptors (Lipinski definition) is 4. The summed E-state index contributed by atoms with van der Waals surface area (Å²) in [7, 11) is 0. The molecule has 0 amide bonds. The van der Waals surface area contributed by atoms with E-state index < -0.39 is 11.4 Å². The molecule has 0 aliphatic carbocycles. The van der Waals surface area contributed by atoms with Crippen LogP contribution in [0.1, 0.15) is 32.8 Å². The van der Waals surface area contributed by atoms with Gasteiger partial charge in [0.05, 0.1) is 5.41 Å². The molecule has 1 aromatic rings. The molecular weight excluding hydrogens is 272 g/mol. The third-order valence-corrected chi connectivity index (χ3v) is 3.15. The summed E-state index contributed by atoms with van der Waals surface area (Å²) in [4.78, 5) is 22.1.